The molecule has 10 heteroatoms. The molecule has 2 amide bonds. The van der Waals surface area contributed by atoms with Gasteiger partial charge in [0.25, 0.3) is 0 Å². The molecule has 2 heterocycles. The molecule has 2 aliphatic rings. The first-order chi connectivity index (χ1) is 22.8. The molecule has 3 aromatic rings. The number of anilines is 1. The van der Waals surface area contributed by atoms with Crippen LogP contribution >= 0.6 is 0 Å². The predicted molar refractivity (Wildman–Crippen MR) is 182 cm³/mol. The summed E-state index contributed by atoms with van der Waals surface area (Å²) in [7, 11) is 2.06. The largest absolute Gasteiger partial charge is 0.488 e. The second kappa shape index (κ2) is 16.7. The summed E-state index contributed by atoms with van der Waals surface area (Å²) in [5, 5.41) is 13.0. The summed E-state index contributed by atoms with van der Waals surface area (Å²) >= 11 is 0. The van der Waals surface area contributed by atoms with Gasteiger partial charge in [-0.15, -0.1) is 0 Å². The van der Waals surface area contributed by atoms with Gasteiger partial charge in [0.15, 0.2) is 0 Å². The Morgan fingerprint density at radius 2 is 1.79 bits per heavy atom. The molecule has 3 aromatic carbocycles. The normalized spacial score (nSPS) is 19.6. The Kier molecular flexibility index (Phi) is 12.2. The van der Waals surface area contributed by atoms with E-state index in [0.29, 0.717) is 62.8 Å². The van der Waals surface area contributed by atoms with E-state index >= 15 is 0 Å². The Bertz CT molecular complexity index is 1450. The van der Waals surface area contributed by atoms with Crippen molar-refractivity contribution >= 4 is 17.5 Å². The van der Waals surface area contributed by atoms with E-state index < -0.39 is 0 Å². The van der Waals surface area contributed by atoms with Crippen LogP contribution in [0.1, 0.15) is 31.4 Å². The van der Waals surface area contributed by atoms with Crippen LogP contribution in [-0.4, -0.2) is 103 Å². The summed E-state index contributed by atoms with van der Waals surface area (Å²) in [4.78, 5) is 32.6. The molecule has 47 heavy (non-hydrogen) atoms. The van der Waals surface area contributed by atoms with Crippen LogP contribution in [0.25, 0.3) is 0 Å². The molecule has 0 unspecified atom stereocenters. The number of hydrogen-bond acceptors (Lipinski definition) is 8. The molecule has 252 valence electrons. The Morgan fingerprint density at radius 1 is 1.06 bits per heavy atom. The molecule has 0 saturated carbocycles. The second-order valence-corrected chi connectivity index (χ2v) is 12.7. The second-order valence-electron chi connectivity index (χ2n) is 12.7. The first-order valence-electron chi connectivity index (χ1n) is 16.6. The number of para-hydroxylation sites is 1. The SMILES string of the molecule is C[C@H]1CN([C@@H](C)CO)C(=O)Cc2cc(NC(=O)CCN3CCOCC3)ccc2O[C@@H]1CN(C)Cc1ccc(Oc2ccccc2)cc1. The number of fused-ring (bicyclic) bond motifs is 1. The average Bonchev–Trinajstić information content (AvgIpc) is 3.12. The molecule has 2 aliphatic heterocycles. The summed E-state index contributed by atoms with van der Waals surface area (Å²) in [6, 6.07) is 23.0. The van der Waals surface area contributed by atoms with Crippen LogP contribution in [0, 0.1) is 5.92 Å². The van der Waals surface area contributed by atoms with Crippen molar-refractivity contribution in [3.63, 3.8) is 0 Å². The van der Waals surface area contributed by atoms with Gasteiger partial charge in [-0.1, -0.05) is 37.3 Å². The fraction of sp³-hybridized carbons (Fsp3) is 0.459. The molecular weight excluding hydrogens is 596 g/mol. The van der Waals surface area contributed by atoms with Gasteiger partial charge in [-0.25, -0.2) is 0 Å². The number of rotatable bonds is 12. The molecule has 0 aromatic heterocycles. The van der Waals surface area contributed by atoms with Gasteiger partial charge in [-0.2, -0.15) is 0 Å². The van der Waals surface area contributed by atoms with Crippen LogP contribution in [0.4, 0.5) is 5.69 Å². The minimum atomic E-state index is -0.329. The zero-order valence-corrected chi connectivity index (χ0v) is 27.8. The number of amides is 2. The monoisotopic (exact) mass is 644 g/mol. The first kappa shape index (κ1) is 34.4. The van der Waals surface area contributed by atoms with Crippen LogP contribution in [0.2, 0.25) is 0 Å². The molecule has 0 aliphatic carbocycles. The average molecular weight is 645 g/mol. The fourth-order valence-electron chi connectivity index (χ4n) is 6.00. The van der Waals surface area contributed by atoms with Crippen LogP contribution < -0.4 is 14.8 Å². The molecule has 10 nitrogen and oxygen atoms in total. The third-order valence-electron chi connectivity index (χ3n) is 8.81. The number of hydrogen-bond donors (Lipinski definition) is 2. The van der Waals surface area contributed by atoms with Crippen molar-refractivity contribution in [2.45, 2.75) is 45.4 Å². The van der Waals surface area contributed by atoms with Gasteiger partial charge in [0.05, 0.1) is 32.3 Å². The van der Waals surface area contributed by atoms with Gasteiger partial charge in [0, 0.05) is 62.9 Å². The lowest BCUT2D eigenvalue weighted by Crippen LogP contribution is -2.47. The Hall–Kier alpha value is -3.96. The number of likely N-dealkylation sites (N-methyl/N-ethyl adjacent to an activating group) is 1. The van der Waals surface area contributed by atoms with E-state index in [4.69, 9.17) is 14.2 Å². The number of aliphatic hydroxyl groups is 1. The van der Waals surface area contributed by atoms with Crippen molar-refractivity contribution < 1.29 is 28.9 Å². The van der Waals surface area contributed by atoms with Crippen molar-refractivity contribution in [1.82, 2.24) is 14.7 Å². The van der Waals surface area contributed by atoms with Gasteiger partial charge in [0.1, 0.15) is 23.4 Å². The van der Waals surface area contributed by atoms with Gasteiger partial charge in [-0.3, -0.25) is 19.4 Å². The number of nitrogens with zero attached hydrogens (tertiary/aromatic N) is 3. The number of ether oxygens (including phenoxy) is 3. The molecule has 0 bridgehead atoms. The van der Waals surface area contributed by atoms with E-state index in [1.807, 2.05) is 67.6 Å². The highest BCUT2D eigenvalue weighted by Crippen LogP contribution is 2.30. The van der Waals surface area contributed by atoms with Crippen molar-refractivity contribution in [3.8, 4) is 17.2 Å². The van der Waals surface area contributed by atoms with Crippen LogP contribution in [0.5, 0.6) is 17.2 Å². The Morgan fingerprint density at radius 3 is 2.51 bits per heavy atom. The summed E-state index contributed by atoms with van der Waals surface area (Å²) in [5.41, 5.74) is 2.49. The number of nitrogens with one attached hydrogen (secondary N) is 1. The zero-order valence-electron chi connectivity index (χ0n) is 27.8. The van der Waals surface area contributed by atoms with Gasteiger partial charge in [0.2, 0.25) is 11.8 Å². The predicted octanol–water partition coefficient (Wildman–Crippen LogP) is 4.42. The minimum absolute atomic E-state index is 0.0115. The molecule has 1 saturated heterocycles. The lowest BCUT2D eigenvalue weighted by Gasteiger charge is -2.34. The van der Waals surface area contributed by atoms with E-state index in [0.717, 1.165) is 30.2 Å². The topological polar surface area (TPSA) is 104 Å². The highest BCUT2D eigenvalue weighted by atomic mass is 16.5. The fourth-order valence-corrected chi connectivity index (χ4v) is 6.00. The molecule has 5 rings (SSSR count). The maximum atomic E-state index is 13.6. The summed E-state index contributed by atoms with van der Waals surface area (Å²) < 4.78 is 18.0. The number of aliphatic hydroxyl groups excluding tert-OH is 1. The van der Waals surface area contributed by atoms with E-state index in [1.165, 1.54) is 0 Å². The number of benzene rings is 3. The molecule has 2 N–H and O–H groups in total. The lowest BCUT2D eigenvalue weighted by molar-refractivity contribution is -0.134. The molecule has 0 radical (unpaired) electrons. The Labute approximate surface area is 278 Å². The van der Waals surface area contributed by atoms with E-state index in [2.05, 4.69) is 41.2 Å². The third-order valence-corrected chi connectivity index (χ3v) is 8.81. The number of carbonyl (C=O) groups is 2. The summed E-state index contributed by atoms with van der Waals surface area (Å²) in [5.74, 6) is 2.05. The lowest BCUT2D eigenvalue weighted by atomic mass is 10.0. The maximum absolute atomic E-state index is 13.6. The zero-order chi connectivity index (χ0) is 33.2. The molecule has 3 atom stereocenters. The minimum Gasteiger partial charge on any atom is -0.488 e. The van der Waals surface area contributed by atoms with Crippen molar-refractivity contribution in [2.24, 2.45) is 5.92 Å². The van der Waals surface area contributed by atoms with Crippen LogP contribution in [-0.2, 0) is 27.3 Å². The number of carbonyl (C=O) groups excluding carboxylic acids is 2. The third kappa shape index (κ3) is 10.0. The maximum Gasteiger partial charge on any atom is 0.227 e. The van der Waals surface area contributed by atoms with E-state index in [-0.39, 0.29) is 42.9 Å². The highest BCUT2D eigenvalue weighted by Gasteiger charge is 2.31. The van der Waals surface area contributed by atoms with Crippen LogP contribution in [0.15, 0.2) is 72.8 Å². The van der Waals surface area contributed by atoms with Crippen molar-refractivity contribution in [1.29, 1.82) is 0 Å². The Balaban J connectivity index is 1.27. The highest BCUT2D eigenvalue weighted by molar-refractivity contribution is 5.91. The smallest absolute Gasteiger partial charge is 0.227 e. The van der Waals surface area contributed by atoms with Crippen molar-refractivity contribution in [2.75, 3.05) is 64.9 Å². The van der Waals surface area contributed by atoms with Gasteiger partial charge in [-0.05, 0) is 62.0 Å². The number of morpholine rings is 1. The van der Waals surface area contributed by atoms with Gasteiger partial charge >= 0.3 is 0 Å². The van der Waals surface area contributed by atoms with E-state index in [9.17, 15) is 14.7 Å². The van der Waals surface area contributed by atoms with Crippen LogP contribution in [0.3, 0.4) is 0 Å². The standard InChI is InChI=1S/C37H48N4O6/c1-27-23-41(28(2)26-42)37(44)22-30-21-31(38-36(43)15-16-40-17-19-45-20-18-40)11-14-34(30)47-35(27)25-39(3)24-29-9-12-33(13-10-29)46-32-7-5-4-6-8-32/h4-14,21,27-28,35,42H,15-20,22-26H2,1-3H3,(H,38,43)/t27-,28-,35+/m0/s1. The molecular formula is C37H48N4O6. The van der Waals surface area contributed by atoms with Gasteiger partial charge < -0.3 is 29.5 Å². The summed E-state index contributed by atoms with van der Waals surface area (Å²) in [6.45, 7) is 9.35. The molecule has 1 fully saturated rings. The van der Waals surface area contributed by atoms with Crippen molar-refractivity contribution in [3.05, 3.63) is 83.9 Å². The van der Waals surface area contributed by atoms with E-state index in [1.54, 1.807) is 4.90 Å². The quantitative estimate of drug-likeness (QED) is 0.299. The summed E-state index contributed by atoms with van der Waals surface area (Å²) in [6.07, 6.45) is 0.264. The molecule has 0 spiro atoms. The first-order valence-corrected chi connectivity index (χ1v) is 16.6.